The molecule has 4 aromatic carbocycles. The summed E-state index contributed by atoms with van der Waals surface area (Å²) >= 11 is 12.2. The predicted molar refractivity (Wildman–Crippen MR) is 172 cm³/mol. The Labute approximate surface area is 267 Å². The lowest BCUT2D eigenvalue weighted by molar-refractivity contribution is -0.140. The summed E-state index contributed by atoms with van der Waals surface area (Å²) in [5.74, 6) is -1.48. The first-order chi connectivity index (χ1) is 21.1. The molecule has 44 heavy (non-hydrogen) atoms. The van der Waals surface area contributed by atoms with Crippen LogP contribution in [-0.2, 0) is 32.6 Å². The van der Waals surface area contributed by atoms with Gasteiger partial charge in [0.05, 0.1) is 10.6 Å². The summed E-state index contributed by atoms with van der Waals surface area (Å²) in [5.41, 5.74) is 1.54. The maximum Gasteiger partial charge on any atom is 0.264 e. The smallest absolute Gasteiger partial charge is 0.264 e. The fourth-order valence-corrected chi connectivity index (χ4v) is 6.32. The first-order valence-corrected chi connectivity index (χ1v) is 16.2. The van der Waals surface area contributed by atoms with Crippen molar-refractivity contribution in [3.8, 4) is 0 Å². The molecule has 0 saturated carbocycles. The highest BCUT2D eigenvalue weighted by molar-refractivity contribution is 7.92. The molecule has 0 aromatic heterocycles. The van der Waals surface area contributed by atoms with Crippen molar-refractivity contribution in [1.29, 1.82) is 0 Å². The maximum atomic E-state index is 14.3. The Kier molecular flexibility index (Phi) is 11.4. The Morgan fingerprint density at radius 3 is 2.16 bits per heavy atom. The average Bonchev–Trinajstić information content (AvgIpc) is 3.01. The number of hydrogen-bond donors (Lipinski definition) is 1. The van der Waals surface area contributed by atoms with Gasteiger partial charge < -0.3 is 10.2 Å². The summed E-state index contributed by atoms with van der Waals surface area (Å²) in [6, 6.07) is 25.6. The van der Waals surface area contributed by atoms with Crippen LogP contribution in [-0.4, -0.2) is 44.3 Å². The van der Waals surface area contributed by atoms with Crippen molar-refractivity contribution in [2.75, 3.05) is 17.4 Å². The number of hydrogen-bond acceptors (Lipinski definition) is 4. The van der Waals surface area contributed by atoms with Crippen LogP contribution in [0.1, 0.15) is 24.5 Å². The van der Waals surface area contributed by atoms with Gasteiger partial charge in [-0.1, -0.05) is 78.7 Å². The van der Waals surface area contributed by atoms with Gasteiger partial charge in [-0.3, -0.25) is 13.9 Å². The fraction of sp³-hybridized carbons (Fsp3) is 0.212. The summed E-state index contributed by atoms with van der Waals surface area (Å²) in [4.78, 5) is 29.2. The standard InChI is InChI=1S/C33H32Cl2FN3O4S/c1-2-19-37-33(41)31(20-24-7-4-3-5-8-24)38(22-25-11-15-28(36)16-12-25)32(40)23-39(29-10-6-9-27(35)21-29)44(42,43)30-17-13-26(34)14-18-30/h3-18,21,31H,2,19-20,22-23H2,1H3,(H,37,41). The van der Waals surface area contributed by atoms with Crippen LogP contribution >= 0.6 is 23.2 Å². The quantitative estimate of drug-likeness (QED) is 0.178. The molecular formula is C33H32Cl2FN3O4S. The van der Waals surface area contributed by atoms with E-state index in [0.717, 1.165) is 9.87 Å². The first-order valence-electron chi connectivity index (χ1n) is 14.0. The molecule has 0 saturated heterocycles. The van der Waals surface area contributed by atoms with E-state index in [9.17, 15) is 22.4 Å². The van der Waals surface area contributed by atoms with E-state index in [1.165, 1.54) is 65.6 Å². The summed E-state index contributed by atoms with van der Waals surface area (Å²) in [6.45, 7) is 1.60. The van der Waals surface area contributed by atoms with E-state index in [1.54, 1.807) is 12.1 Å². The number of nitrogens with one attached hydrogen (secondary N) is 1. The summed E-state index contributed by atoms with van der Waals surface area (Å²) < 4.78 is 42.7. The van der Waals surface area contributed by atoms with Crippen LogP contribution in [0.3, 0.4) is 0 Å². The van der Waals surface area contributed by atoms with E-state index in [2.05, 4.69) is 5.32 Å². The average molecular weight is 657 g/mol. The molecule has 2 amide bonds. The van der Waals surface area contributed by atoms with E-state index in [1.807, 2.05) is 37.3 Å². The number of anilines is 1. The molecular weight excluding hydrogens is 624 g/mol. The number of halogens is 3. The van der Waals surface area contributed by atoms with Gasteiger partial charge in [0.1, 0.15) is 18.4 Å². The van der Waals surface area contributed by atoms with Gasteiger partial charge in [-0.2, -0.15) is 0 Å². The fourth-order valence-electron chi connectivity index (χ4n) is 4.60. The highest BCUT2D eigenvalue weighted by atomic mass is 35.5. The van der Waals surface area contributed by atoms with Crippen LogP contribution in [0.4, 0.5) is 10.1 Å². The molecule has 0 bridgehead atoms. The minimum absolute atomic E-state index is 0.0689. The number of carbonyl (C=O) groups is 2. The Hall–Kier alpha value is -3.92. The van der Waals surface area contributed by atoms with Crippen molar-refractivity contribution in [1.82, 2.24) is 10.2 Å². The number of nitrogens with zero attached hydrogens (tertiary/aromatic N) is 2. The molecule has 0 heterocycles. The van der Waals surface area contributed by atoms with Crippen molar-refractivity contribution >= 4 is 50.7 Å². The lowest BCUT2D eigenvalue weighted by atomic mass is 10.0. The van der Waals surface area contributed by atoms with Crippen LogP contribution in [0.15, 0.2) is 108 Å². The topological polar surface area (TPSA) is 86.8 Å². The first kappa shape index (κ1) is 33.0. The van der Waals surface area contributed by atoms with Crippen LogP contribution in [0.2, 0.25) is 10.0 Å². The minimum atomic E-state index is -4.30. The third kappa shape index (κ3) is 8.59. The van der Waals surface area contributed by atoms with Crippen molar-refractivity contribution in [2.24, 2.45) is 0 Å². The Morgan fingerprint density at radius 1 is 0.841 bits per heavy atom. The van der Waals surface area contributed by atoms with E-state index in [4.69, 9.17) is 23.2 Å². The van der Waals surface area contributed by atoms with Gasteiger partial charge in [-0.25, -0.2) is 12.8 Å². The van der Waals surface area contributed by atoms with E-state index >= 15 is 0 Å². The molecule has 4 aromatic rings. The van der Waals surface area contributed by atoms with Gasteiger partial charge in [0.15, 0.2) is 0 Å². The van der Waals surface area contributed by atoms with Crippen LogP contribution in [0.25, 0.3) is 0 Å². The molecule has 0 spiro atoms. The highest BCUT2D eigenvalue weighted by Crippen LogP contribution is 2.28. The lowest BCUT2D eigenvalue weighted by Crippen LogP contribution is -2.53. The van der Waals surface area contributed by atoms with Gasteiger partial charge in [0, 0.05) is 29.6 Å². The van der Waals surface area contributed by atoms with Gasteiger partial charge in [-0.15, -0.1) is 0 Å². The SMILES string of the molecule is CCCNC(=O)C(Cc1ccccc1)N(Cc1ccc(F)cc1)C(=O)CN(c1cccc(Cl)c1)S(=O)(=O)c1ccc(Cl)cc1. The maximum absolute atomic E-state index is 14.3. The molecule has 0 radical (unpaired) electrons. The molecule has 0 fully saturated rings. The largest absolute Gasteiger partial charge is 0.354 e. The van der Waals surface area contributed by atoms with E-state index in [0.29, 0.717) is 23.6 Å². The normalized spacial score (nSPS) is 11.9. The molecule has 11 heteroatoms. The second kappa shape index (κ2) is 15.2. The summed E-state index contributed by atoms with van der Waals surface area (Å²) in [5, 5.41) is 3.50. The van der Waals surface area contributed by atoms with Crippen molar-refractivity contribution in [3.63, 3.8) is 0 Å². The number of rotatable bonds is 13. The third-order valence-electron chi connectivity index (χ3n) is 6.86. The number of amides is 2. The van der Waals surface area contributed by atoms with Crippen molar-refractivity contribution < 1.29 is 22.4 Å². The highest BCUT2D eigenvalue weighted by Gasteiger charge is 2.34. The lowest BCUT2D eigenvalue weighted by Gasteiger charge is -2.34. The predicted octanol–water partition coefficient (Wildman–Crippen LogP) is 6.49. The van der Waals surface area contributed by atoms with Crippen molar-refractivity contribution in [3.05, 3.63) is 130 Å². The zero-order valence-corrected chi connectivity index (χ0v) is 26.3. The number of carbonyl (C=O) groups excluding carboxylic acids is 2. The summed E-state index contributed by atoms with van der Waals surface area (Å²) in [6.07, 6.45) is 0.849. The van der Waals surface area contributed by atoms with Gasteiger partial charge in [0.2, 0.25) is 11.8 Å². The molecule has 0 aliphatic heterocycles. The number of sulfonamides is 1. The molecule has 0 aliphatic carbocycles. The zero-order valence-electron chi connectivity index (χ0n) is 24.0. The molecule has 1 atom stereocenters. The molecule has 230 valence electrons. The van der Waals surface area contributed by atoms with E-state index in [-0.39, 0.29) is 34.5 Å². The van der Waals surface area contributed by atoms with Gasteiger partial charge in [-0.05, 0) is 72.1 Å². The monoisotopic (exact) mass is 655 g/mol. The summed E-state index contributed by atoms with van der Waals surface area (Å²) in [7, 11) is -4.30. The second-order valence-corrected chi connectivity index (χ2v) is 12.8. The second-order valence-electron chi connectivity index (χ2n) is 10.1. The molecule has 4 rings (SSSR count). The Morgan fingerprint density at radius 2 is 1.52 bits per heavy atom. The molecule has 1 N–H and O–H groups in total. The van der Waals surface area contributed by atoms with Gasteiger partial charge >= 0.3 is 0 Å². The van der Waals surface area contributed by atoms with Crippen molar-refractivity contribution in [2.45, 2.75) is 37.2 Å². The van der Waals surface area contributed by atoms with Crippen LogP contribution in [0.5, 0.6) is 0 Å². The van der Waals surface area contributed by atoms with E-state index < -0.39 is 34.3 Å². The Balaban J connectivity index is 1.79. The molecule has 0 aliphatic rings. The van der Waals surface area contributed by atoms with Crippen LogP contribution in [0, 0.1) is 5.82 Å². The number of benzene rings is 4. The van der Waals surface area contributed by atoms with Crippen LogP contribution < -0.4 is 9.62 Å². The van der Waals surface area contributed by atoms with Gasteiger partial charge in [0.25, 0.3) is 10.0 Å². The third-order valence-corrected chi connectivity index (χ3v) is 9.14. The molecule has 1 unspecified atom stereocenters. The minimum Gasteiger partial charge on any atom is -0.354 e. The molecule has 7 nitrogen and oxygen atoms in total. The zero-order chi connectivity index (χ0) is 31.7. The Bertz CT molecular complexity index is 1670.